The normalized spacial score (nSPS) is 15.7. The smallest absolute Gasteiger partial charge is 0.261 e. The van der Waals surface area contributed by atoms with Crippen molar-refractivity contribution in [3.8, 4) is 11.5 Å². The molecule has 0 saturated carbocycles. The molecule has 2 aromatic carbocycles. The fourth-order valence-electron chi connectivity index (χ4n) is 3.37. The van der Waals surface area contributed by atoms with Crippen LogP contribution in [0.15, 0.2) is 47.6 Å². The topological polar surface area (TPSA) is 69.2 Å². The summed E-state index contributed by atoms with van der Waals surface area (Å²) >= 11 is 0. The minimum absolute atomic E-state index is 0.0420. The zero-order valence-corrected chi connectivity index (χ0v) is 16.3. The Morgan fingerprint density at radius 3 is 2.93 bits per heavy atom. The number of fused-ring (bicyclic) bond motifs is 1. The van der Waals surface area contributed by atoms with Gasteiger partial charge < -0.3 is 19.6 Å². The van der Waals surface area contributed by atoms with Crippen LogP contribution >= 0.6 is 0 Å². The minimum Gasteiger partial charge on any atom is -0.493 e. The van der Waals surface area contributed by atoms with Crippen molar-refractivity contribution < 1.29 is 19.1 Å². The van der Waals surface area contributed by atoms with E-state index < -0.39 is 0 Å². The zero-order chi connectivity index (χ0) is 19.8. The lowest BCUT2D eigenvalue weighted by atomic mass is 9.88. The third-order valence-corrected chi connectivity index (χ3v) is 4.66. The van der Waals surface area contributed by atoms with Crippen LogP contribution in [0.4, 0.5) is 0 Å². The number of hydrogen-bond donors (Lipinski definition) is 1. The molecule has 1 aliphatic carbocycles. The van der Waals surface area contributed by atoms with Crippen LogP contribution in [0.1, 0.15) is 42.5 Å². The van der Waals surface area contributed by atoms with Gasteiger partial charge >= 0.3 is 0 Å². The lowest BCUT2D eigenvalue weighted by Crippen LogP contribution is -2.33. The van der Waals surface area contributed by atoms with Crippen molar-refractivity contribution in [3.05, 3.63) is 59.2 Å². The maximum absolute atomic E-state index is 12.2. The van der Waals surface area contributed by atoms with Gasteiger partial charge in [0.1, 0.15) is 0 Å². The molecule has 0 aromatic heterocycles. The van der Waals surface area contributed by atoms with Crippen molar-refractivity contribution in [1.29, 1.82) is 0 Å². The Hall–Kier alpha value is -3.02. The molecule has 3 rings (SSSR count). The standard InChI is InChI=1S/C22H26N2O4/c1-3-27-20-12-11-16(13-21(20)26-2)14-23-28-15-22(25)24-19-10-6-8-17-7-4-5-9-18(17)19/h4-5,7,9,11-14,19H,3,6,8,10,15H2,1-2H3,(H,24,25)/b23-14-/t19-/m1/s1. The Bertz CT molecular complexity index is 835. The fourth-order valence-corrected chi connectivity index (χ4v) is 3.37. The van der Waals surface area contributed by atoms with Gasteiger partial charge in [-0.3, -0.25) is 4.79 Å². The van der Waals surface area contributed by atoms with E-state index in [0.29, 0.717) is 18.1 Å². The van der Waals surface area contributed by atoms with E-state index in [-0.39, 0.29) is 18.6 Å². The summed E-state index contributed by atoms with van der Waals surface area (Å²) in [5.41, 5.74) is 3.30. The molecule has 0 bridgehead atoms. The summed E-state index contributed by atoms with van der Waals surface area (Å²) in [7, 11) is 1.59. The number of carbonyl (C=O) groups excluding carboxylic acids is 1. The first-order valence-corrected chi connectivity index (χ1v) is 9.54. The first-order valence-electron chi connectivity index (χ1n) is 9.54. The van der Waals surface area contributed by atoms with Gasteiger partial charge in [0.15, 0.2) is 18.1 Å². The van der Waals surface area contributed by atoms with Gasteiger partial charge in [-0.15, -0.1) is 0 Å². The lowest BCUT2D eigenvalue weighted by molar-refractivity contribution is -0.126. The predicted molar refractivity (Wildman–Crippen MR) is 108 cm³/mol. The molecule has 1 atom stereocenters. The van der Waals surface area contributed by atoms with Crippen LogP contribution < -0.4 is 14.8 Å². The SMILES string of the molecule is CCOc1ccc(/C=N\OCC(=O)N[C@@H]2CCCc3ccccc32)cc1OC. The molecular formula is C22H26N2O4. The van der Waals surface area contributed by atoms with E-state index in [1.165, 1.54) is 11.1 Å². The Morgan fingerprint density at radius 2 is 2.11 bits per heavy atom. The highest BCUT2D eigenvalue weighted by atomic mass is 16.6. The summed E-state index contributed by atoms with van der Waals surface area (Å²) in [4.78, 5) is 17.4. The van der Waals surface area contributed by atoms with E-state index in [9.17, 15) is 4.79 Å². The van der Waals surface area contributed by atoms with E-state index in [1.54, 1.807) is 19.4 Å². The highest BCUT2D eigenvalue weighted by Crippen LogP contribution is 2.29. The molecular weight excluding hydrogens is 356 g/mol. The van der Waals surface area contributed by atoms with E-state index in [0.717, 1.165) is 24.8 Å². The van der Waals surface area contributed by atoms with Crippen LogP contribution in [-0.2, 0) is 16.1 Å². The van der Waals surface area contributed by atoms with Gasteiger partial charge in [0.2, 0.25) is 0 Å². The quantitative estimate of drug-likeness (QED) is 0.559. The van der Waals surface area contributed by atoms with Crippen molar-refractivity contribution in [2.75, 3.05) is 20.3 Å². The number of rotatable bonds is 8. The molecule has 148 valence electrons. The fraction of sp³-hybridized carbons (Fsp3) is 0.364. The molecule has 1 amide bonds. The molecule has 1 aliphatic rings. The van der Waals surface area contributed by atoms with Crippen molar-refractivity contribution in [1.82, 2.24) is 5.32 Å². The number of amides is 1. The number of nitrogens with one attached hydrogen (secondary N) is 1. The van der Waals surface area contributed by atoms with Gasteiger partial charge in [-0.2, -0.15) is 0 Å². The van der Waals surface area contributed by atoms with Crippen LogP contribution in [0.5, 0.6) is 11.5 Å². The van der Waals surface area contributed by atoms with Crippen molar-refractivity contribution in [2.24, 2.45) is 5.16 Å². The molecule has 0 unspecified atom stereocenters. The molecule has 0 heterocycles. The lowest BCUT2D eigenvalue weighted by Gasteiger charge is -2.26. The molecule has 1 N–H and O–H groups in total. The Morgan fingerprint density at radius 1 is 1.25 bits per heavy atom. The molecule has 0 spiro atoms. The Balaban J connectivity index is 1.51. The Kier molecular flexibility index (Phi) is 6.89. The second kappa shape index (κ2) is 9.78. The van der Waals surface area contributed by atoms with E-state index in [2.05, 4.69) is 22.6 Å². The second-order valence-corrected chi connectivity index (χ2v) is 6.56. The maximum Gasteiger partial charge on any atom is 0.261 e. The molecule has 6 nitrogen and oxygen atoms in total. The molecule has 28 heavy (non-hydrogen) atoms. The highest BCUT2D eigenvalue weighted by Gasteiger charge is 2.21. The molecule has 0 saturated heterocycles. The third kappa shape index (κ3) is 5.03. The number of ether oxygens (including phenoxy) is 2. The first kappa shape index (κ1) is 19.7. The van der Waals surface area contributed by atoms with Crippen LogP contribution in [0.3, 0.4) is 0 Å². The first-order chi connectivity index (χ1) is 13.7. The van der Waals surface area contributed by atoms with Crippen molar-refractivity contribution >= 4 is 12.1 Å². The maximum atomic E-state index is 12.2. The van der Waals surface area contributed by atoms with Crippen molar-refractivity contribution in [3.63, 3.8) is 0 Å². The molecule has 0 radical (unpaired) electrons. The van der Waals surface area contributed by atoms with E-state index in [4.69, 9.17) is 14.3 Å². The molecule has 0 fully saturated rings. The van der Waals surface area contributed by atoms with Crippen LogP contribution in [0.25, 0.3) is 0 Å². The summed E-state index contributed by atoms with van der Waals surface area (Å²) in [6.45, 7) is 2.36. The monoisotopic (exact) mass is 382 g/mol. The number of oxime groups is 1. The number of methoxy groups -OCH3 is 1. The summed E-state index contributed by atoms with van der Waals surface area (Å²) in [6.07, 6.45) is 4.62. The highest BCUT2D eigenvalue weighted by molar-refractivity contribution is 5.81. The summed E-state index contributed by atoms with van der Waals surface area (Å²) in [6, 6.07) is 13.8. The summed E-state index contributed by atoms with van der Waals surface area (Å²) in [5, 5.41) is 6.93. The van der Waals surface area contributed by atoms with Gasteiger partial charge in [-0.1, -0.05) is 29.4 Å². The zero-order valence-electron chi connectivity index (χ0n) is 16.3. The van der Waals surface area contributed by atoms with Gasteiger partial charge in [0.25, 0.3) is 5.91 Å². The van der Waals surface area contributed by atoms with Gasteiger partial charge in [0, 0.05) is 5.56 Å². The summed E-state index contributed by atoms with van der Waals surface area (Å²) < 4.78 is 10.8. The third-order valence-electron chi connectivity index (χ3n) is 4.66. The van der Waals surface area contributed by atoms with Crippen LogP contribution in [0, 0.1) is 0 Å². The van der Waals surface area contributed by atoms with Crippen molar-refractivity contribution in [2.45, 2.75) is 32.2 Å². The summed E-state index contributed by atoms with van der Waals surface area (Å²) in [5.74, 6) is 1.12. The number of benzene rings is 2. The molecule has 2 aromatic rings. The van der Waals surface area contributed by atoms with Gasteiger partial charge in [-0.05, 0) is 55.5 Å². The second-order valence-electron chi connectivity index (χ2n) is 6.56. The number of hydrogen-bond acceptors (Lipinski definition) is 5. The van der Waals surface area contributed by atoms with Crippen LogP contribution in [0.2, 0.25) is 0 Å². The van der Waals surface area contributed by atoms with E-state index >= 15 is 0 Å². The molecule has 0 aliphatic heterocycles. The number of aryl methyl sites for hydroxylation is 1. The average Bonchev–Trinajstić information content (AvgIpc) is 2.72. The number of carbonyl (C=O) groups is 1. The van der Waals surface area contributed by atoms with Gasteiger partial charge in [-0.25, -0.2) is 0 Å². The van der Waals surface area contributed by atoms with Gasteiger partial charge in [0.05, 0.1) is 26.0 Å². The largest absolute Gasteiger partial charge is 0.493 e. The molecule has 6 heteroatoms. The Labute approximate surface area is 165 Å². The predicted octanol–water partition coefficient (Wildman–Crippen LogP) is 3.64. The van der Waals surface area contributed by atoms with E-state index in [1.807, 2.05) is 31.2 Å². The van der Waals surface area contributed by atoms with Crippen LogP contribution in [-0.4, -0.2) is 32.4 Å². The minimum atomic E-state index is -0.178. The average molecular weight is 382 g/mol. The number of nitrogens with zero attached hydrogens (tertiary/aromatic N) is 1.